The molecule has 4 amide bonds. The standard InChI is InChI=1S/C40H45FN8O6/c1-6-9-29(46-39(52)54-4)37(50)48-18-7-10-32(48)35-42-22-31(45-35)26-16-14-24(20-27(26)41)12-13-25-15-17-28-30(21-25)44-36(43-28)33-11-8-19-49(33)38(51)34(23(2)3)47-40(53)55-5/h6,14-17,20-23,29,32-34H,1,7-11,18-19H2,2-5H3,(H,42,45)(H,43,44)(H,46,52)(H,47,53)/t29-,32-,33-,34-/m0/s1. The fraction of sp³-hybridized carbons (Fsp3) is 0.400. The highest BCUT2D eigenvalue weighted by Crippen LogP contribution is 2.34. The highest BCUT2D eigenvalue weighted by atomic mass is 19.1. The Morgan fingerprint density at radius 2 is 1.56 bits per heavy atom. The van der Waals surface area contributed by atoms with Crippen molar-refractivity contribution in [1.82, 2.24) is 40.4 Å². The summed E-state index contributed by atoms with van der Waals surface area (Å²) >= 11 is 0. The quantitative estimate of drug-likeness (QED) is 0.121. The van der Waals surface area contributed by atoms with E-state index in [1.165, 1.54) is 20.3 Å². The maximum absolute atomic E-state index is 15.5. The minimum absolute atomic E-state index is 0.139. The van der Waals surface area contributed by atoms with Crippen LogP contribution in [0.15, 0.2) is 55.3 Å². The number of likely N-dealkylation sites (tertiary alicyclic amines) is 2. The summed E-state index contributed by atoms with van der Waals surface area (Å²) in [5, 5.41) is 5.24. The summed E-state index contributed by atoms with van der Waals surface area (Å²) in [6, 6.07) is 8.10. The van der Waals surface area contributed by atoms with Gasteiger partial charge in [-0.3, -0.25) is 9.59 Å². The number of carbonyl (C=O) groups is 4. The summed E-state index contributed by atoms with van der Waals surface area (Å²) in [5.74, 6) is 6.25. The van der Waals surface area contributed by atoms with Gasteiger partial charge in [0.05, 0.1) is 49.2 Å². The molecule has 0 bridgehead atoms. The number of ether oxygens (including phenoxy) is 2. The molecule has 2 aromatic heterocycles. The van der Waals surface area contributed by atoms with Crippen LogP contribution in [0, 0.1) is 23.6 Å². The van der Waals surface area contributed by atoms with Crippen LogP contribution in [-0.2, 0) is 19.1 Å². The van der Waals surface area contributed by atoms with Crippen molar-refractivity contribution in [2.75, 3.05) is 27.3 Å². The predicted molar refractivity (Wildman–Crippen MR) is 202 cm³/mol. The second-order valence-corrected chi connectivity index (χ2v) is 13.9. The largest absolute Gasteiger partial charge is 0.453 e. The molecule has 2 fully saturated rings. The van der Waals surface area contributed by atoms with Gasteiger partial charge < -0.3 is 39.9 Å². The van der Waals surface area contributed by atoms with Crippen molar-refractivity contribution in [2.45, 2.75) is 70.1 Å². The zero-order valence-corrected chi connectivity index (χ0v) is 31.3. The number of methoxy groups -OCH3 is 2. The molecule has 2 aliphatic heterocycles. The molecule has 6 rings (SSSR count). The maximum atomic E-state index is 15.5. The van der Waals surface area contributed by atoms with E-state index in [2.05, 4.69) is 48.7 Å². The van der Waals surface area contributed by atoms with Crippen LogP contribution in [0.4, 0.5) is 14.0 Å². The number of aromatic nitrogens is 4. The number of aromatic amines is 2. The number of rotatable bonds is 10. The van der Waals surface area contributed by atoms with E-state index in [0.717, 1.165) is 30.3 Å². The van der Waals surface area contributed by atoms with E-state index in [1.54, 1.807) is 34.2 Å². The van der Waals surface area contributed by atoms with Gasteiger partial charge in [-0.25, -0.2) is 23.9 Å². The first-order valence-corrected chi connectivity index (χ1v) is 18.3. The third-order valence-corrected chi connectivity index (χ3v) is 9.98. The van der Waals surface area contributed by atoms with Crippen LogP contribution in [0.5, 0.6) is 0 Å². The summed E-state index contributed by atoms with van der Waals surface area (Å²) in [4.78, 5) is 70.0. The Morgan fingerprint density at radius 1 is 0.927 bits per heavy atom. The van der Waals surface area contributed by atoms with Crippen molar-refractivity contribution in [2.24, 2.45) is 5.92 Å². The number of imidazole rings is 2. The zero-order chi connectivity index (χ0) is 39.2. The number of halogens is 1. The van der Waals surface area contributed by atoms with Gasteiger partial charge in [0.15, 0.2) is 0 Å². The van der Waals surface area contributed by atoms with Gasteiger partial charge in [0.2, 0.25) is 11.8 Å². The van der Waals surface area contributed by atoms with Crippen molar-refractivity contribution in [3.8, 4) is 23.1 Å². The topological polar surface area (TPSA) is 175 Å². The second kappa shape index (κ2) is 16.9. The molecule has 2 aromatic carbocycles. The summed E-state index contributed by atoms with van der Waals surface area (Å²) in [6.07, 6.45) is 4.93. The first kappa shape index (κ1) is 38.6. The Bertz CT molecular complexity index is 2150. The number of H-pyrrole nitrogens is 2. The Labute approximate surface area is 318 Å². The average molecular weight is 753 g/mol. The number of hydrogen-bond donors (Lipinski definition) is 4. The van der Waals surface area contributed by atoms with Gasteiger partial charge in [-0.05, 0) is 74.4 Å². The van der Waals surface area contributed by atoms with E-state index in [-0.39, 0.29) is 36.2 Å². The van der Waals surface area contributed by atoms with Gasteiger partial charge in [0.25, 0.3) is 0 Å². The lowest BCUT2D eigenvalue weighted by atomic mass is 10.0. The molecule has 0 radical (unpaired) electrons. The van der Waals surface area contributed by atoms with Crippen molar-refractivity contribution < 1.29 is 33.0 Å². The molecule has 0 saturated carbocycles. The van der Waals surface area contributed by atoms with Crippen molar-refractivity contribution >= 4 is 35.0 Å². The SMILES string of the molecule is C=CC[C@H](NC(=O)OC)C(=O)N1CCC[C@H]1c1ncc(-c2ccc(C#Cc3ccc4nc([C@@H]5CCCN5C(=O)[C@@H](NC(=O)OC)C(C)C)[nH]c4c3)cc2F)[nH]1. The minimum Gasteiger partial charge on any atom is -0.453 e. The Morgan fingerprint density at radius 3 is 2.22 bits per heavy atom. The molecule has 2 aliphatic rings. The Balaban J connectivity index is 1.14. The third-order valence-electron chi connectivity index (χ3n) is 9.98. The molecular formula is C40H45FN8O6. The lowest BCUT2D eigenvalue weighted by Crippen LogP contribution is -2.51. The summed E-state index contributed by atoms with van der Waals surface area (Å²) < 4.78 is 24.9. The fourth-order valence-electron chi connectivity index (χ4n) is 7.16. The number of hydrogen-bond acceptors (Lipinski definition) is 8. The van der Waals surface area contributed by atoms with E-state index < -0.39 is 30.1 Å². The van der Waals surface area contributed by atoms with E-state index in [4.69, 9.17) is 9.72 Å². The van der Waals surface area contributed by atoms with Crippen molar-refractivity contribution in [3.05, 3.63) is 83.8 Å². The van der Waals surface area contributed by atoms with Crippen LogP contribution >= 0.6 is 0 Å². The lowest BCUT2D eigenvalue weighted by molar-refractivity contribution is -0.135. The second-order valence-electron chi connectivity index (χ2n) is 13.9. The molecule has 4 heterocycles. The first-order chi connectivity index (χ1) is 26.5. The molecular weight excluding hydrogens is 707 g/mol. The number of alkyl carbamates (subject to hydrolysis) is 2. The van der Waals surface area contributed by atoms with Crippen molar-refractivity contribution in [3.63, 3.8) is 0 Å². The van der Waals surface area contributed by atoms with Gasteiger partial charge in [0, 0.05) is 29.8 Å². The van der Waals surface area contributed by atoms with Crippen LogP contribution in [0.3, 0.4) is 0 Å². The Hall–Kier alpha value is -6.17. The molecule has 288 valence electrons. The number of nitrogens with one attached hydrogen (secondary N) is 4. The number of amides is 4. The summed E-state index contributed by atoms with van der Waals surface area (Å²) in [5.41, 5.74) is 3.42. The van der Waals surface area contributed by atoms with Crippen LogP contribution in [-0.4, -0.2) is 93.1 Å². The number of fused-ring (bicyclic) bond motifs is 1. The van der Waals surface area contributed by atoms with Crippen LogP contribution in [0.1, 0.15) is 80.8 Å². The van der Waals surface area contributed by atoms with Gasteiger partial charge in [-0.2, -0.15) is 0 Å². The average Bonchev–Trinajstić information content (AvgIpc) is 4.01. The van der Waals surface area contributed by atoms with Crippen molar-refractivity contribution in [1.29, 1.82) is 0 Å². The Kier molecular flexibility index (Phi) is 11.8. The van der Waals surface area contributed by atoms with Gasteiger partial charge >= 0.3 is 12.2 Å². The molecule has 0 aliphatic carbocycles. The molecule has 55 heavy (non-hydrogen) atoms. The van der Waals surface area contributed by atoms with Gasteiger partial charge in [-0.15, -0.1) is 6.58 Å². The third kappa shape index (κ3) is 8.48. The van der Waals surface area contributed by atoms with Crippen LogP contribution in [0.25, 0.3) is 22.3 Å². The van der Waals surface area contributed by atoms with Crippen LogP contribution in [0.2, 0.25) is 0 Å². The normalized spacial score (nSPS) is 17.7. The van der Waals surface area contributed by atoms with Gasteiger partial charge in [-0.1, -0.05) is 31.8 Å². The zero-order valence-electron chi connectivity index (χ0n) is 31.3. The molecule has 14 nitrogen and oxygen atoms in total. The molecule has 15 heteroatoms. The predicted octanol–water partition coefficient (Wildman–Crippen LogP) is 5.50. The maximum Gasteiger partial charge on any atom is 0.407 e. The fourth-order valence-corrected chi connectivity index (χ4v) is 7.16. The van der Waals surface area contributed by atoms with E-state index >= 15 is 4.39 Å². The lowest BCUT2D eigenvalue weighted by Gasteiger charge is -2.29. The van der Waals surface area contributed by atoms with Gasteiger partial charge in [0.1, 0.15) is 29.5 Å². The van der Waals surface area contributed by atoms with E-state index in [9.17, 15) is 19.2 Å². The number of benzene rings is 2. The number of nitrogens with zero attached hydrogens (tertiary/aromatic N) is 4. The molecule has 2 saturated heterocycles. The smallest absolute Gasteiger partial charge is 0.407 e. The molecule has 4 atom stereocenters. The summed E-state index contributed by atoms with van der Waals surface area (Å²) in [6.45, 7) is 8.48. The first-order valence-electron chi connectivity index (χ1n) is 18.3. The number of carbonyl (C=O) groups excluding carboxylic acids is 4. The van der Waals surface area contributed by atoms with Crippen LogP contribution < -0.4 is 10.6 Å². The van der Waals surface area contributed by atoms with E-state index in [0.29, 0.717) is 53.5 Å². The molecule has 4 aromatic rings. The highest BCUT2D eigenvalue weighted by Gasteiger charge is 2.38. The van der Waals surface area contributed by atoms with E-state index in [1.807, 2.05) is 32.0 Å². The molecule has 0 spiro atoms. The highest BCUT2D eigenvalue weighted by molar-refractivity contribution is 5.87. The molecule has 4 N–H and O–H groups in total. The minimum atomic E-state index is -0.827. The monoisotopic (exact) mass is 752 g/mol. The summed E-state index contributed by atoms with van der Waals surface area (Å²) in [7, 11) is 2.50. The molecule has 0 unspecified atom stereocenters.